The van der Waals surface area contributed by atoms with Crippen molar-refractivity contribution in [2.45, 2.75) is 26.3 Å². The fourth-order valence-electron chi connectivity index (χ4n) is 1.87. The third kappa shape index (κ3) is 3.44. The molecule has 0 aliphatic carbocycles. The van der Waals surface area contributed by atoms with Crippen LogP contribution in [0, 0.1) is 23.0 Å². The molecular formula is C14H17F2N3O. The van der Waals surface area contributed by atoms with E-state index in [1.54, 1.807) is 13.8 Å². The topological polar surface area (TPSA) is 56.1 Å². The largest absolute Gasteiger partial charge is 0.383 e. The summed E-state index contributed by atoms with van der Waals surface area (Å²) in [4.78, 5) is 13.7. The number of nitrogens with zero attached hydrogens (tertiary/aromatic N) is 2. The Hall–Kier alpha value is -2.16. The van der Waals surface area contributed by atoms with Crippen molar-refractivity contribution in [3.8, 4) is 6.07 Å². The number of hydrogen-bond acceptors (Lipinski definition) is 3. The molecule has 0 bridgehead atoms. The number of anilines is 1. The molecule has 0 atom stereocenters. The summed E-state index contributed by atoms with van der Waals surface area (Å²) < 4.78 is 27.3. The molecular weight excluding hydrogens is 264 g/mol. The van der Waals surface area contributed by atoms with E-state index in [4.69, 9.17) is 5.26 Å². The molecule has 0 spiro atoms. The molecule has 0 saturated heterocycles. The lowest BCUT2D eigenvalue weighted by Gasteiger charge is -2.26. The van der Waals surface area contributed by atoms with E-state index < -0.39 is 17.5 Å². The fraction of sp³-hybridized carbons (Fsp3) is 0.429. The summed E-state index contributed by atoms with van der Waals surface area (Å²) in [5, 5.41) is 11.0. The van der Waals surface area contributed by atoms with E-state index in [2.05, 4.69) is 5.32 Å². The number of nitrogens with one attached hydrogen (secondary N) is 1. The average molecular weight is 281 g/mol. The SMILES string of the molecule is CNc1c(F)cc(C(=O)N(CCC#N)C(C)C)cc1F. The molecule has 20 heavy (non-hydrogen) atoms. The van der Waals surface area contributed by atoms with E-state index in [9.17, 15) is 13.6 Å². The number of benzene rings is 1. The van der Waals surface area contributed by atoms with Crippen LogP contribution in [0.25, 0.3) is 0 Å². The number of nitriles is 1. The van der Waals surface area contributed by atoms with Gasteiger partial charge in [-0.05, 0) is 26.0 Å². The van der Waals surface area contributed by atoms with Crippen molar-refractivity contribution in [1.82, 2.24) is 4.90 Å². The lowest BCUT2D eigenvalue weighted by Crippen LogP contribution is -2.37. The van der Waals surface area contributed by atoms with Gasteiger partial charge in [-0.1, -0.05) is 0 Å². The van der Waals surface area contributed by atoms with E-state index in [0.29, 0.717) is 0 Å². The van der Waals surface area contributed by atoms with Crippen LogP contribution in [0.2, 0.25) is 0 Å². The van der Waals surface area contributed by atoms with Gasteiger partial charge in [0.05, 0.1) is 12.5 Å². The van der Waals surface area contributed by atoms with Crippen LogP contribution in [-0.4, -0.2) is 30.4 Å². The standard InChI is InChI=1S/C14H17F2N3O/c1-9(2)19(6-4-5-17)14(20)10-7-11(15)13(18-3)12(16)8-10/h7-9,18H,4,6H2,1-3H3. The summed E-state index contributed by atoms with van der Waals surface area (Å²) in [6.45, 7) is 3.79. The van der Waals surface area contributed by atoms with E-state index in [0.717, 1.165) is 12.1 Å². The summed E-state index contributed by atoms with van der Waals surface area (Å²) in [5.41, 5.74) is -0.333. The van der Waals surface area contributed by atoms with Gasteiger partial charge in [0.15, 0.2) is 0 Å². The van der Waals surface area contributed by atoms with Gasteiger partial charge in [0, 0.05) is 25.2 Å². The van der Waals surface area contributed by atoms with E-state index in [1.165, 1.54) is 11.9 Å². The molecule has 0 fully saturated rings. The first-order chi connectivity index (χ1) is 9.42. The van der Waals surface area contributed by atoms with Crippen LogP contribution in [-0.2, 0) is 0 Å². The molecule has 0 aliphatic rings. The lowest BCUT2D eigenvalue weighted by atomic mass is 10.1. The average Bonchev–Trinajstić information content (AvgIpc) is 2.38. The van der Waals surface area contributed by atoms with E-state index >= 15 is 0 Å². The first-order valence-corrected chi connectivity index (χ1v) is 6.27. The maximum atomic E-state index is 13.7. The summed E-state index contributed by atoms with van der Waals surface area (Å²) in [5.74, 6) is -2.13. The van der Waals surface area contributed by atoms with Crippen molar-refractivity contribution >= 4 is 11.6 Å². The molecule has 4 nitrogen and oxygen atoms in total. The first kappa shape index (κ1) is 15.9. The van der Waals surface area contributed by atoms with E-state index in [-0.39, 0.29) is 30.3 Å². The van der Waals surface area contributed by atoms with Crippen LogP contribution >= 0.6 is 0 Å². The summed E-state index contributed by atoms with van der Waals surface area (Å²) >= 11 is 0. The highest BCUT2D eigenvalue weighted by Gasteiger charge is 2.21. The number of halogens is 2. The molecule has 1 aromatic carbocycles. The van der Waals surface area contributed by atoms with Crippen molar-refractivity contribution in [3.63, 3.8) is 0 Å². The Morgan fingerprint density at radius 1 is 1.40 bits per heavy atom. The van der Waals surface area contributed by atoms with Gasteiger partial charge in [0.1, 0.15) is 17.3 Å². The van der Waals surface area contributed by atoms with Gasteiger partial charge >= 0.3 is 0 Å². The van der Waals surface area contributed by atoms with Gasteiger partial charge in [-0.25, -0.2) is 8.78 Å². The molecule has 1 N–H and O–H groups in total. The molecule has 0 aromatic heterocycles. The molecule has 0 unspecified atom stereocenters. The van der Waals surface area contributed by atoms with Gasteiger partial charge in [0.2, 0.25) is 0 Å². The molecule has 1 rings (SSSR count). The Labute approximate surface area is 117 Å². The highest BCUT2D eigenvalue weighted by atomic mass is 19.1. The van der Waals surface area contributed by atoms with Crippen LogP contribution < -0.4 is 5.32 Å². The Balaban J connectivity index is 3.10. The van der Waals surface area contributed by atoms with Gasteiger partial charge in [0.25, 0.3) is 5.91 Å². The predicted molar refractivity (Wildman–Crippen MR) is 72.3 cm³/mol. The zero-order chi connectivity index (χ0) is 15.3. The Kier molecular flexibility index (Phi) is 5.44. The van der Waals surface area contributed by atoms with Crippen LogP contribution in [0.1, 0.15) is 30.6 Å². The quantitative estimate of drug-likeness (QED) is 0.903. The maximum absolute atomic E-state index is 13.7. The summed E-state index contributed by atoms with van der Waals surface area (Å²) in [6.07, 6.45) is 0.170. The van der Waals surface area contributed by atoms with Crippen LogP contribution in [0.15, 0.2) is 12.1 Å². The minimum atomic E-state index is -0.820. The number of hydrogen-bond donors (Lipinski definition) is 1. The normalized spacial score (nSPS) is 10.2. The Morgan fingerprint density at radius 2 is 1.95 bits per heavy atom. The third-order valence-electron chi connectivity index (χ3n) is 2.89. The van der Waals surface area contributed by atoms with Crippen molar-refractivity contribution in [1.29, 1.82) is 5.26 Å². The van der Waals surface area contributed by atoms with Crippen LogP contribution in [0.3, 0.4) is 0 Å². The second-order valence-electron chi connectivity index (χ2n) is 4.57. The minimum Gasteiger partial charge on any atom is -0.383 e. The summed E-state index contributed by atoms with van der Waals surface area (Å²) in [7, 11) is 1.40. The van der Waals surface area contributed by atoms with Gasteiger partial charge in [-0.3, -0.25) is 4.79 Å². The van der Waals surface area contributed by atoms with Crippen LogP contribution in [0.5, 0.6) is 0 Å². The maximum Gasteiger partial charge on any atom is 0.254 e. The molecule has 1 aromatic rings. The highest BCUT2D eigenvalue weighted by molar-refractivity contribution is 5.94. The fourth-order valence-corrected chi connectivity index (χ4v) is 1.87. The van der Waals surface area contributed by atoms with Gasteiger partial charge in [-0.15, -0.1) is 0 Å². The number of carbonyl (C=O) groups excluding carboxylic acids is 1. The smallest absolute Gasteiger partial charge is 0.254 e. The highest BCUT2D eigenvalue weighted by Crippen LogP contribution is 2.21. The van der Waals surface area contributed by atoms with Crippen LogP contribution in [0.4, 0.5) is 14.5 Å². The first-order valence-electron chi connectivity index (χ1n) is 6.27. The van der Waals surface area contributed by atoms with Crippen molar-refractivity contribution in [2.75, 3.05) is 18.9 Å². The molecule has 108 valence electrons. The molecule has 1 amide bonds. The summed E-state index contributed by atoms with van der Waals surface area (Å²) in [6, 6.07) is 3.79. The lowest BCUT2D eigenvalue weighted by molar-refractivity contribution is 0.0709. The molecule has 0 saturated carbocycles. The zero-order valence-corrected chi connectivity index (χ0v) is 11.7. The Bertz CT molecular complexity index is 515. The van der Waals surface area contributed by atoms with Crippen molar-refractivity contribution < 1.29 is 13.6 Å². The zero-order valence-electron chi connectivity index (χ0n) is 11.7. The number of amides is 1. The van der Waals surface area contributed by atoms with Gasteiger partial charge < -0.3 is 10.2 Å². The number of carbonyl (C=O) groups is 1. The molecule has 0 aliphatic heterocycles. The molecule has 0 heterocycles. The molecule has 6 heteroatoms. The second kappa shape index (κ2) is 6.85. The molecule has 0 radical (unpaired) electrons. The third-order valence-corrected chi connectivity index (χ3v) is 2.89. The van der Waals surface area contributed by atoms with Crippen molar-refractivity contribution in [3.05, 3.63) is 29.3 Å². The Morgan fingerprint density at radius 3 is 2.35 bits per heavy atom. The van der Waals surface area contributed by atoms with E-state index in [1.807, 2.05) is 6.07 Å². The van der Waals surface area contributed by atoms with Crippen molar-refractivity contribution in [2.24, 2.45) is 0 Å². The number of rotatable bonds is 5. The predicted octanol–water partition coefficient (Wildman–Crippen LogP) is 2.77. The van der Waals surface area contributed by atoms with Gasteiger partial charge in [-0.2, -0.15) is 5.26 Å². The second-order valence-corrected chi connectivity index (χ2v) is 4.57. The monoisotopic (exact) mass is 281 g/mol. The minimum absolute atomic E-state index is 0.0642.